The molecule has 8 heteroatoms. The fourth-order valence-electron chi connectivity index (χ4n) is 1.65. The van der Waals surface area contributed by atoms with Crippen LogP contribution in [0.25, 0.3) is 0 Å². The number of nitro benzene ring substituents is 1. The summed E-state index contributed by atoms with van der Waals surface area (Å²) in [6.45, 7) is 1.84. The van der Waals surface area contributed by atoms with Gasteiger partial charge in [-0.2, -0.15) is 12.8 Å². The van der Waals surface area contributed by atoms with Crippen LogP contribution >= 0.6 is 11.6 Å². The number of benzene rings is 2. The van der Waals surface area contributed by atoms with Gasteiger partial charge in [-0.25, -0.2) is 0 Å². The smallest absolute Gasteiger partial charge is 0.258 e. The Balaban J connectivity index is 2.33. The van der Waals surface area contributed by atoms with Crippen LogP contribution in [0.5, 0.6) is 0 Å². The molecule has 0 radical (unpaired) electrons. The first-order valence-electron chi connectivity index (χ1n) is 6.10. The van der Waals surface area contributed by atoms with Crippen LogP contribution in [-0.4, -0.2) is 19.6 Å². The molecule has 0 N–H and O–H groups in total. The van der Waals surface area contributed by atoms with Crippen molar-refractivity contribution in [3.63, 3.8) is 0 Å². The summed E-state index contributed by atoms with van der Waals surface area (Å²) in [6, 6.07) is 10.2. The molecule has 0 amide bonds. The molecule has 0 heterocycles. The number of hydrogen-bond acceptors (Lipinski definition) is 4. The van der Waals surface area contributed by atoms with Gasteiger partial charge in [-0.1, -0.05) is 35.4 Å². The monoisotopic (exact) mass is 338 g/mol. The van der Waals surface area contributed by atoms with E-state index in [0.29, 0.717) is 0 Å². The Morgan fingerprint density at radius 2 is 1.82 bits per heavy atom. The van der Waals surface area contributed by atoms with Gasteiger partial charge in [-0.15, -0.1) is 0 Å². The molecule has 0 saturated carbocycles. The van der Waals surface area contributed by atoms with Crippen molar-refractivity contribution in [1.82, 2.24) is 0 Å². The maximum Gasteiger partial charge on any atom is 0.288 e. The Morgan fingerprint density at radius 3 is 2.41 bits per heavy atom. The fraction of sp³-hybridized carbons (Fsp3) is 0.0714. The topological polar surface area (TPSA) is 89.6 Å². The third kappa shape index (κ3) is 3.69. The van der Waals surface area contributed by atoms with Crippen molar-refractivity contribution < 1.29 is 13.3 Å². The zero-order chi connectivity index (χ0) is 16.3. The molecule has 0 unspecified atom stereocenters. The molecule has 2 aromatic rings. The Labute approximate surface area is 132 Å². The molecule has 0 aromatic heterocycles. The van der Waals surface area contributed by atoms with Crippen LogP contribution in [0.1, 0.15) is 11.1 Å². The van der Waals surface area contributed by atoms with Gasteiger partial charge < -0.3 is 0 Å². The molecule has 114 valence electrons. The maximum absolute atomic E-state index is 12.0. The van der Waals surface area contributed by atoms with Gasteiger partial charge in [0.05, 0.1) is 9.82 Å². The lowest BCUT2D eigenvalue weighted by Gasteiger charge is -2.00. The molecule has 6 nitrogen and oxygen atoms in total. The average molecular weight is 339 g/mol. The molecule has 0 aliphatic carbocycles. The largest absolute Gasteiger partial charge is 0.288 e. The van der Waals surface area contributed by atoms with E-state index in [1.165, 1.54) is 24.3 Å². The van der Waals surface area contributed by atoms with Gasteiger partial charge in [0.25, 0.3) is 15.7 Å². The van der Waals surface area contributed by atoms with E-state index in [1.807, 2.05) is 6.92 Å². The molecule has 2 rings (SSSR count). The van der Waals surface area contributed by atoms with Crippen LogP contribution in [0.2, 0.25) is 5.02 Å². The summed E-state index contributed by atoms with van der Waals surface area (Å²) in [6.07, 6.45) is 1.05. The van der Waals surface area contributed by atoms with Crippen LogP contribution in [-0.2, 0) is 10.0 Å². The van der Waals surface area contributed by atoms with E-state index in [-0.39, 0.29) is 21.2 Å². The Hall–Kier alpha value is -2.25. The van der Waals surface area contributed by atoms with E-state index in [9.17, 15) is 18.5 Å². The highest BCUT2D eigenvalue weighted by molar-refractivity contribution is 7.90. The molecule has 2 aromatic carbocycles. The van der Waals surface area contributed by atoms with Crippen molar-refractivity contribution in [3.05, 3.63) is 68.7 Å². The molecule has 0 bridgehead atoms. The predicted molar refractivity (Wildman–Crippen MR) is 84.1 cm³/mol. The number of aryl methyl sites for hydroxylation is 1. The number of hydrogen-bond donors (Lipinski definition) is 0. The highest BCUT2D eigenvalue weighted by Gasteiger charge is 2.14. The van der Waals surface area contributed by atoms with E-state index in [2.05, 4.69) is 4.40 Å². The molecule has 0 fully saturated rings. The predicted octanol–water partition coefficient (Wildman–Crippen LogP) is 3.36. The van der Waals surface area contributed by atoms with Gasteiger partial charge in [0.1, 0.15) is 5.02 Å². The normalized spacial score (nSPS) is 11.7. The third-order valence-corrected chi connectivity index (χ3v) is 4.40. The summed E-state index contributed by atoms with van der Waals surface area (Å²) in [5, 5.41) is 10.8. The second-order valence-electron chi connectivity index (χ2n) is 4.49. The van der Waals surface area contributed by atoms with Gasteiger partial charge >= 0.3 is 0 Å². The first kappa shape index (κ1) is 16.1. The number of halogens is 1. The van der Waals surface area contributed by atoms with E-state index in [4.69, 9.17) is 11.6 Å². The quantitative estimate of drug-likeness (QED) is 0.485. The second-order valence-corrected chi connectivity index (χ2v) is 6.53. The molecule has 0 saturated heterocycles. The minimum atomic E-state index is -3.85. The van der Waals surface area contributed by atoms with E-state index >= 15 is 0 Å². The first-order valence-corrected chi connectivity index (χ1v) is 7.92. The van der Waals surface area contributed by atoms with Crippen LogP contribution in [0.15, 0.2) is 51.8 Å². The lowest BCUT2D eigenvalue weighted by molar-refractivity contribution is -0.384. The van der Waals surface area contributed by atoms with Crippen molar-refractivity contribution in [3.8, 4) is 0 Å². The summed E-state index contributed by atoms with van der Waals surface area (Å²) in [5.74, 6) is 0. The lowest BCUT2D eigenvalue weighted by atomic mass is 10.2. The van der Waals surface area contributed by atoms with Crippen molar-refractivity contribution in [2.45, 2.75) is 11.8 Å². The minimum absolute atomic E-state index is 0.0245. The zero-order valence-corrected chi connectivity index (χ0v) is 13.0. The van der Waals surface area contributed by atoms with Gasteiger partial charge in [-0.3, -0.25) is 10.1 Å². The van der Waals surface area contributed by atoms with Gasteiger partial charge in [0, 0.05) is 17.8 Å². The molecule has 0 aliphatic heterocycles. The molecule has 0 atom stereocenters. The summed E-state index contributed by atoms with van der Waals surface area (Å²) in [5.41, 5.74) is 0.890. The number of sulfonamides is 1. The van der Waals surface area contributed by atoms with Crippen LogP contribution in [0.3, 0.4) is 0 Å². The lowest BCUT2D eigenvalue weighted by Crippen LogP contribution is -1.98. The highest BCUT2D eigenvalue weighted by atomic mass is 35.5. The third-order valence-electron chi connectivity index (χ3n) is 2.83. The van der Waals surface area contributed by atoms with E-state index < -0.39 is 14.9 Å². The Bertz CT molecular complexity index is 846. The second kappa shape index (κ2) is 6.25. The maximum atomic E-state index is 12.0. The first-order chi connectivity index (χ1) is 10.3. The van der Waals surface area contributed by atoms with Crippen molar-refractivity contribution >= 4 is 33.5 Å². The fourth-order valence-corrected chi connectivity index (χ4v) is 2.70. The minimum Gasteiger partial charge on any atom is -0.258 e. The summed E-state index contributed by atoms with van der Waals surface area (Å²) in [7, 11) is -3.85. The van der Waals surface area contributed by atoms with Crippen molar-refractivity contribution in [1.29, 1.82) is 0 Å². The van der Waals surface area contributed by atoms with Crippen LogP contribution in [0, 0.1) is 17.0 Å². The van der Waals surface area contributed by atoms with Crippen molar-refractivity contribution in [2.24, 2.45) is 4.40 Å². The Morgan fingerprint density at radius 1 is 1.18 bits per heavy atom. The standard InChI is InChI=1S/C14H11ClN2O4S/c1-10-2-5-12(6-3-10)22(20,21)16-9-11-4-7-13(15)14(8-11)17(18)19/h2-9H,1H3/b16-9-. The molecular formula is C14H11ClN2O4S. The summed E-state index contributed by atoms with van der Waals surface area (Å²) in [4.78, 5) is 10.2. The number of rotatable bonds is 4. The van der Waals surface area contributed by atoms with Crippen molar-refractivity contribution in [2.75, 3.05) is 0 Å². The van der Waals surface area contributed by atoms with Gasteiger partial charge in [0.2, 0.25) is 0 Å². The van der Waals surface area contributed by atoms with Crippen LogP contribution < -0.4 is 0 Å². The van der Waals surface area contributed by atoms with Gasteiger partial charge in [0.15, 0.2) is 0 Å². The highest BCUT2D eigenvalue weighted by Crippen LogP contribution is 2.24. The molecule has 22 heavy (non-hydrogen) atoms. The number of nitro groups is 1. The zero-order valence-electron chi connectivity index (χ0n) is 11.4. The van der Waals surface area contributed by atoms with Crippen LogP contribution in [0.4, 0.5) is 5.69 Å². The SMILES string of the molecule is Cc1ccc(S(=O)(=O)/N=C\c2ccc(Cl)c([N+](=O)[O-])c2)cc1. The summed E-state index contributed by atoms with van der Waals surface area (Å²) < 4.78 is 27.6. The average Bonchev–Trinajstić information content (AvgIpc) is 2.46. The molecule has 0 spiro atoms. The Kier molecular flexibility index (Phi) is 4.58. The van der Waals surface area contributed by atoms with E-state index in [1.54, 1.807) is 12.1 Å². The van der Waals surface area contributed by atoms with E-state index in [0.717, 1.165) is 17.8 Å². The number of nitrogens with zero attached hydrogens (tertiary/aromatic N) is 2. The van der Waals surface area contributed by atoms with Gasteiger partial charge in [-0.05, 0) is 25.1 Å². The molecular weight excluding hydrogens is 328 g/mol. The molecule has 0 aliphatic rings. The summed E-state index contributed by atoms with van der Waals surface area (Å²) >= 11 is 5.69.